The molecular weight excluding hydrogens is 410 g/mol. The van der Waals surface area contributed by atoms with Gasteiger partial charge in [-0.15, -0.1) is 0 Å². The Morgan fingerprint density at radius 2 is 2.11 bits per heavy atom. The third kappa shape index (κ3) is 4.75. The summed E-state index contributed by atoms with van der Waals surface area (Å²) in [4.78, 5) is 20.1. The van der Waals surface area contributed by atoms with E-state index in [1.54, 1.807) is 24.0 Å². The zero-order chi connectivity index (χ0) is 19.6. The molecule has 1 aromatic carbocycles. The minimum absolute atomic E-state index is 0.0799. The summed E-state index contributed by atoms with van der Waals surface area (Å²) < 4.78 is 31.8. The third-order valence-corrected chi connectivity index (χ3v) is 7.00. The molecule has 0 radical (unpaired) electrons. The molecule has 0 unspecified atom stereocenters. The van der Waals surface area contributed by atoms with E-state index in [4.69, 9.17) is 11.6 Å². The van der Waals surface area contributed by atoms with Gasteiger partial charge in [0.25, 0.3) is 10.0 Å². The molecule has 1 N–H and O–H groups in total. The van der Waals surface area contributed by atoms with E-state index in [1.807, 2.05) is 11.9 Å². The number of nitrogens with zero attached hydrogens (tertiary/aromatic N) is 4. The van der Waals surface area contributed by atoms with Crippen molar-refractivity contribution in [1.82, 2.24) is 19.2 Å². The Bertz CT molecular complexity index is 947. The van der Waals surface area contributed by atoms with Crippen molar-refractivity contribution < 1.29 is 13.2 Å². The number of sulfonamides is 1. The van der Waals surface area contributed by atoms with Crippen LogP contribution in [0, 0.1) is 6.92 Å². The number of halogens is 1. The number of aromatic nitrogens is 2. The molecule has 1 aromatic heterocycles. The monoisotopic (exact) mass is 429 g/mol. The molecule has 1 fully saturated rings. The average molecular weight is 430 g/mol. The van der Waals surface area contributed by atoms with Gasteiger partial charge >= 0.3 is 0 Å². The first-order valence-electron chi connectivity index (χ1n) is 8.33. The van der Waals surface area contributed by atoms with Crippen LogP contribution in [0.4, 0.5) is 5.13 Å². The zero-order valence-electron chi connectivity index (χ0n) is 15.0. The van der Waals surface area contributed by atoms with Gasteiger partial charge in [0, 0.05) is 42.6 Å². The molecule has 0 saturated carbocycles. The molecule has 146 valence electrons. The minimum Gasteiger partial charge on any atom is -0.340 e. The molecule has 2 heterocycles. The maximum Gasteiger partial charge on any atom is 0.264 e. The molecular formula is C16H20ClN5O3S2. The summed E-state index contributed by atoms with van der Waals surface area (Å²) in [5, 5.41) is 0.571. The first-order valence-corrected chi connectivity index (χ1v) is 11.0. The van der Waals surface area contributed by atoms with Crippen molar-refractivity contribution in [3.63, 3.8) is 0 Å². The highest BCUT2D eigenvalue weighted by atomic mass is 35.5. The number of carbonyl (C=O) groups is 1. The Morgan fingerprint density at radius 1 is 1.33 bits per heavy atom. The SMILES string of the molecule is Cc1c(Cl)cccc1S(=O)(=O)Nc1nc(CCN2CCN(C)CC2=O)ns1. The predicted octanol–water partition coefficient (Wildman–Crippen LogP) is 1.62. The molecule has 0 aliphatic carbocycles. The van der Waals surface area contributed by atoms with Crippen molar-refractivity contribution in [3.05, 3.63) is 34.6 Å². The van der Waals surface area contributed by atoms with Gasteiger partial charge in [-0.2, -0.15) is 4.37 Å². The number of amides is 1. The summed E-state index contributed by atoms with van der Waals surface area (Å²) >= 11 is 6.98. The van der Waals surface area contributed by atoms with Gasteiger partial charge in [0.15, 0.2) is 0 Å². The van der Waals surface area contributed by atoms with Crippen LogP contribution < -0.4 is 4.72 Å². The van der Waals surface area contributed by atoms with E-state index in [9.17, 15) is 13.2 Å². The highest BCUT2D eigenvalue weighted by Gasteiger charge is 2.23. The number of anilines is 1. The molecule has 1 amide bonds. The van der Waals surface area contributed by atoms with Crippen molar-refractivity contribution in [2.24, 2.45) is 0 Å². The number of piperazine rings is 1. The number of hydrogen-bond donors (Lipinski definition) is 1. The Balaban J connectivity index is 1.64. The number of rotatable bonds is 6. The number of carbonyl (C=O) groups excluding carboxylic acids is 1. The Labute approximate surface area is 167 Å². The minimum atomic E-state index is -3.80. The first kappa shape index (κ1) is 20.0. The van der Waals surface area contributed by atoms with Crippen LogP contribution in [-0.2, 0) is 21.2 Å². The summed E-state index contributed by atoms with van der Waals surface area (Å²) in [6.45, 7) is 4.08. The van der Waals surface area contributed by atoms with Gasteiger partial charge in [-0.25, -0.2) is 13.4 Å². The molecule has 8 nitrogen and oxygen atoms in total. The van der Waals surface area contributed by atoms with Crippen LogP contribution in [-0.4, -0.2) is 66.7 Å². The number of likely N-dealkylation sites (N-methyl/N-ethyl adjacent to an activating group) is 1. The fraction of sp³-hybridized carbons (Fsp3) is 0.438. The van der Waals surface area contributed by atoms with Crippen LogP contribution in [0.5, 0.6) is 0 Å². The zero-order valence-corrected chi connectivity index (χ0v) is 17.4. The van der Waals surface area contributed by atoms with Crippen molar-refractivity contribution in [2.75, 3.05) is 37.9 Å². The van der Waals surface area contributed by atoms with Gasteiger partial charge in [-0.3, -0.25) is 14.4 Å². The van der Waals surface area contributed by atoms with Crippen molar-refractivity contribution >= 4 is 44.2 Å². The quantitative estimate of drug-likeness (QED) is 0.749. The van der Waals surface area contributed by atoms with Crippen molar-refractivity contribution in [1.29, 1.82) is 0 Å². The highest BCUT2D eigenvalue weighted by molar-refractivity contribution is 7.93. The van der Waals surface area contributed by atoms with Gasteiger partial charge < -0.3 is 4.90 Å². The highest BCUT2D eigenvalue weighted by Crippen LogP contribution is 2.25. The summed E-state index contributed by atoms with van der Waals surface area (Å²) in [5.41, 5.74) is 0.477. The Morgan fingerprint density at radius 3 is 2.85 bits per heavy atom. The maximum atomic E-state index is 12.6. The van der Waals surface area contributed by atoms with Crippen molar-refractivity contribution in [3.8, 4) is 0 Å². The molecule has 3 rings (SSSR count). The topological polar surface area (TPSA) is 95.5 Å². The third-order valence-electron chi connectivity index (χ3n) is 4.31. The number of hydrogen-bond acceptors (Lipinski definition) is 7. The summed E-state index contributed by atoms with van der Waals surface area (Å²) in [7, 11) is -1.89. The van der Waals surface area contributed by atoms with E-state index in [2.05, 4.69) is 14.1 Å². The molecule has 0 spiro atoms. The predicted molar refractivity (Wildman–Crippen MR) is 105 cm³/mol. The van der Waals surface area contributed by atoms with E-state index in [0.717, 1.165) is 18.1 Å². The first-order chi connectivity index (χ1) is 12.8. The van der Waals surface area contributed by atoms with Gasteiger partial charge in [0.05, 0.1) is 11.4 Å². The second-order valence-electron chi connectivity index (χ2n) is 6.35. The van der Waals surface area contributed by atoms with E-state index in [1.165, 1.54) is 6.07 Å². The van der Waals surface area contributed by atoms with Crippen molar-refractivity contribution in [2.45, 2.75) is 18.2 Å². The molecule has 0 bridgehead atoms. The number of nitrogens with one attached hydrogen (secondary N) is 1. The standard InChI is InChI=1S/C16H20ClN5O3S2/c1-11-12(17)4-3-5-13(11)27(24,25)20-16-18-14(19-26-16)6-7-22-9-8-21(2)10-15(22)23/h3-5H,6-10H2,1-2H3,(H,18,19,20). The lowest BCUT2D eigenvalue weighted by Crippen LogP contribution is -2.49. The lowest BCUT2D eigenvalue weighted by atomic mass is 10.2. The normalized spacial score (nSPS) is 16.0. The van der Waals surface area contributed by atoms with Gasteiger partial charge in [-0.1, -0.05) is 17.7 Å². The summed E-state index contributed by atoms with van der Waals surface area (Å²) in [6.07, 6.45) is 0.476. The molecule has 0 atom stereocenters. The Kier molecular flexibility index (Phi) is 5.99. The lowest BCUT2D eigenvalue weighted by Gasteiger charge is -2.31. The van der Waals surface area contributed by atoms with Crippen LogP contribution in [0.3, 0.4) is 0 Å². The fourth-order valence-corrected chi connectivity index (χ4v) is 5.08. The molecule has 11 heteroatoms. The fourth-order valence-electron chi connectivity index (χ4n) is 2.74. The molecule has 27 heavy (non-hydrogen) atoms. The van der Waals surface area contributed by atoms with E-state index in [-0.39, 0.29) is 15.9 Å². The van der Waals surface area contributed by atoms with Crippen LogP contribution in [0.15, 0.2) is 23.1 Å². The Hall–Kier alpha value is -1.75. The van der Waals surface area contributed by atoms with Gasteiger partial charge in [-0.05, 0) is 31.7 Å². The maximum absolute atomic E-state index is 12.6. The number of benzene rings is 1. The van der Waals surface area contributed by atoms with E-state index < -0.39 is 10.0 Å². The molecule has 2 aromatic rings. The van der Waals surface area contributed by atoms with Crippen LogP contribution in [0.1, 0.15) is 11.4 Å². The van der Waals surface area contributed by atoms with Gasteiger partial charge in [0.2, 0.25) is 11.0 Å². The average Bonchev–Trinajstić information content (AvgIpc) is 3.03. The lowest BCUT2D eigenvalue weighted by molar-refractivity contribution is -0.135. The summed E-state index contributed by atoms with van der Waals surface area (Å²) in [5.74, 6) is 0.587. The smallest absolute Gasteiger partial charge is 0.264 e. The van der Waals surface area contributed by atoms with E-state index in [0.29, 0.717) is 42.5 Å². The van der Waals surface area contributed by atoms with Crippen LogP contribution >= 0.6 is 23.1 Å². The molecule has 1 aliphatic rings. The second-order valence-corrected chi connectivity index (χ2v) is 9.16. The van der Waals surface area contributed by atoms with Crippen LogP contribution in [0.25, 0.3) is 0 Å². The molecule has 1 saturated heterocycles. The second kappa shape index (κ2) is 8.09. The largest absolute Gasteiger partial charge is 0.340 e. The molecule has 1 aliphatic heterocycles. The van der Waals surface area contributed by atoms with E-state index >= 15 is 0 Å². The summed E-state index contributed by atoms with van der Waals surface area (Å²) in [6, 6.07) is 4.71. The van der Waals surface area contributed by atoms with Crippen LogP contribution in [0.2, 0.25) is 5.02 Å². The van der Waals surface area contributed by atoms with Gasteiger partial charge in [0.1, 0.15) is 5.82 Å².